The highest BCUT2D eigenvalue weighted by Gasteiger charge is 2.54. The van der Waals surface area contributed by atoms with Gasteiger partial charge in [0.25, 0.3) is 11.6 Å². The zero-order valence-corrected chi connectivity index (χ0v) is 29.1. The summed E-state index contributed by atoms with van der Waals surface area (Å²) in [6, 6.07) is 31.9. The van der Waals surface area contributed by atoms with E-state index in [4.69, 9.17) is 4.74 Å². The summed E-state index contributed by atoms with van der Waals surface area (Å²) in [7, 11) is -3.41. The van der Waals surface area contributed by atoms with Gasteiger partial charge in [-0.05, 0) is 80.2 Å². The maximum absolute atomic E-state index is 13.9. The number of rotatable bonds is 13. The van der Waals surface area contributed by atoms with Crippen molar-refractivity contribution in [2.45, 2.75) is 37.8 Å². The topological polar surface area (TPSA) is 158 Å². The van der Waals surface area contributed by atoms with Crippen molar-refractivity contribution in [2.75, 3.05) is 35.8 Å². The van der Waals surface area contributed by atoms with Crippen LogP contribution in [0.1, 0.15) is 37.6 Å². The Bertz CT molecular complexity index is 1860. The lowest BCUT2D eigenvalue weighted by Crippen LogP contribution is -2.67. The Morgan fingerprint density at radius 1 is 0.820 bits per heavy atom. The number of carbonyl (C=O) groups excluding carboxylic acids is 3. The van der Waals surface area contributed by atoms with Gasteiger partial charge in [-0.1, -0.05) is 68.4 Å². The largest absolute Gasteiger partial charge is 0.494 e. The molecular weight excluding hydrogens is 657 g/mol. The quantitative estimate of drug-likeness (QED) is 0.117. The van der Waals surface area contributed by atoms with Crippen molar-refractivity contribution in [3.05, 3.63) is 121 Å². The third-order valence-electron chi connectivity index (χ3n) is 7.32. The summed E-state index contributed by atoms with van der Waals surface area (Å²) in [5.41, 5.74) is -0.732. The molecule has 0 saturated heterocycles. The smallest absolute Gasteiger partial charge is 0.302 e. The molecule has 3 amide bonds. The van der Waals surface area contributed by atoms with Crippen LogP contribution in [-0.4, -0.2) is 63.1 Å². The van der Waals surface area contributed by atoms with E-state index in [0.717, 1.165) is 18.1 Å². The minimum Gasteiger partial charge on any atom is -0.494 e. The molecule has 12 nitrogen and oxygen atoms in total. The Morgan fingerprint density at radius 3 is 1.96 bits per heavy atom. The van der Waals surface area contributed by atoms with Crippen molar-refractivity contribution in [3.63, 3.8) is 0 Å². The number of hydrazone groups is 1. The molecule has 13 heteroatoms. The third-order valence-corrected chi connectivity index (χ3v) is 9.13. The van der Waals surface area contributed by atoms with Gasteiger partial charge in [0.15, 0.2) is 15.7 Å². The number of amidine groups is 1. The van der Waals surface area contributed by atoms with Crippen molar-refractivity contribution in [3.8, 4) is 5.75 Å². The van der Waals surface area contributed by atoms with E-state index in [9.17, 15) is 22.8 Å². The van der Waals surface area contributed by atoms with Crippen molar-refractivity contribution < 1.29 is 27.5 Å². The van der Waals surface area contributed by atoms with Crippen LogP contribution >= 0.6 is 0 Å². The minimum absolute atomic E-state index is 0.0641. The first-order valence-electron chi connectivity index (χ1n) is 16.2. The maximum atomic E-state index is 13.9. The predicted molar refractivity (Wildman–Crippen MR) is 195 cm³/mol. The molecule has 0 aromatic heterocycles. The summed E-state index contributed by atoms with van der Waals surface area (Å²) in [5, 5.41) is 17.1. The summed E-state index contributed by atoms with van der Waals surface area (Å²) in [4.78, 5) is 40.0. The summed E-state index contributed by atoms with van der Waals surface area (Å²) in [6.07, 6.45) is 0.283. The predicted octanol–water partition coefficient (Wildman–Crippen LogP) is 4.58. The Morgan fingerprint density at radius 2 is 1.40 bits per heavy atom. The number of nitrogens with one attached hydrogen (secondary N) is 4. The molecule has 0 fully saturated rings. The molecule has 4 aromatic carbocycles. The van der Waals surface area contributed by atoms with Crippen LogP contribution < -0.4 is 31.0 Å². The SMILES string of the molecule is CC(=O)NC1(Nc2ccccc2)C(=O)N(c2ccccc2)N=C1NC(=O)c1ccc(OCCCS(=O)(=O)c2ccccc2)cc1.CCNCC. The molecule has 1 unspecified atom stereocenters. The molecule has 1 heterocycles. The molecule has 0 spiro atoms. The Balaban J connectivity index is 0.00000105. The van der Waals surface area contributed by atoms with Gasteiger partial charge >= 0.3 is 5.91 Å². The van der Waals surface area contributed by atoms with Crippen molar-refractivity contribution in [2.24, 2.45) is 5.10 Å². The highest BCUT2D eigenvalue weighted by Crippen LogP contribution is 2.28. The van der Waals surface area contributed by atoms with Crippen molar-refractivity contribution >= 4 is 44.8 Å². The fourth-order valence-electron chi connectivity index (χ4n) is 4.92. The number of hydrogen-bond acceptors (Lipinski definition) is 9. The highest BCUT2D eigenvalue weighted by atomic mass is 32.2. The van der Waals surface area contributed by atoms with Gasteiger partial charge in [0, 0.05) is 18.2 Å². The second-order valence-corrected chi connectivity index (χ2v) is 13.2. The number of ether oxygens (including phenoxy) is 1. The van der Waals surface area contributed by atoms with E-state index in [1.54, 1.807) is 103 Å². The van der Waals surface area contributed by atoms with Crippen molar-refractivity contribution in [1.82, 2.24) is 16.0 Å². The highest BCUT2D eigenvalue weighted by molar-refractivity contribution is 7.91. The summed E-state index contributed by atoms with van der Waals surface area (Å²) >= 11 is 0. The van der Waals surface area contributed by atoms with Crippen LogP contribution in [0.4, 0.5) is 11.4 Å². The number of hydrogen-bond donors (Lipinski definition) is 4. The van der Waals surface area contributed by atoms with Crippen molar-refractivity contribution in [1.29, 1.82) is 0 Å². The molecule has 0 aliphatic carbocycles. The van der Waals surface area contributed by atoms with Gasteiger partial charge in [0.1, 0.15) is 5.75 Å². The van der Waals surface area contributed by atoms with E-state index >= 15 is 0 Å². The maximum Gasteiger partial charge on any atom is 0.302 e. The Labute approximate surface area is 292 Å². The molecule has 5 rings (SSSR count). The Hall–Kier alpha value is -5.53. The number of benzene rings is 4. The first-order valence-corrected chi connectivity index (χ1v) is 17.9. The number of nitrogens with zero attached hydrogens (tertiary/aromatic N) is 2. The second kappa shape index (κ2) is 17.7. The van der Waals surface area contributed by atoms with E-state index in [2.05, 4.69) is 40.2 Å². The van der Waals surface area contributed by atoms with Gasteiger partial charge in [0.2, 0.25) is 5.91 Å². The summed E-state index contributed by atoms with van der Waals surface area (Å²) < 4.78 is 30.6. The van der Waals surface area contributed by atoms with Crippen LogP contribution in [0.15, 0.2) is 125 Å². The number of carbonyl (C=O) groups is 3. The average Bonchev–Trinajstić information content (AvgIpc) is 3.37. The van der Waals surface area contributed by atoms with Crippen LogP contribution in [-0.2, 0) is 19.4 Å². The van der Waals surface area contributed by atoms with E-state index in [-0.39, 0.29) is 35.1 Å². The lowest BCUT2D eigenvalue weighted by atomic mass is 10.1. The fraction of sp³-hybridized carbons (Fsp3) is 0.243. The average molecular weight is 699 g/mol. The lowest BCUT2D eigenvalue weighted by molar-refractivity contribution is -0.127. The van der Waals surface area contributed by atoms with Gasteiger partial charge in [-0.25, -0.2) is 8.42 Å². The molecular formula is C37H42N6O6S. The van der Waals surface area contributed by atoms with Gasteiger partial charge in [0.05, 0.1) is 22.9 Å². The molecule has 1 aliphatic heterocycles. The first kappa shape index (κ1) is 37.3. The molecule has 50 heavy (non-hydrogen) atoms. The molecule has 1 atom stereocenters. The lowest BCUT2D eigenvalue weighted by Gasteiger charge is -2.31. The zero-order valence-electron chi connectivity index (χ0n) is 28.3. The molecule has 0 saturated carbocycles. The zero-order chi connectivity index (χ0) is 36.0. The van der Waals surface area contributed by atoms with E-state index in [1.807, 2.05) is 0 Å². The number of para-hydroxylation sites is 2. The van der Waals surface area contributed by atoms with Crippen LogP contribution in [0.5, 0.6) is 5.75 Å². The van der Waals surface area contributed by atoms with Crippen LogP contribution in [0.25, 0.3) is 0 Å². The monoisotopic (exact) mass is 698 g/mol. The van der Waals surface area contributed by atoms with E-state index < -0.39 is 33.2 Å². The molecule has 262 valence electrons. The van der Waals surface area contributed by atoms with Gasteiger partial charge in [-0.15, -0.1) is 5.10 Å². The fourth-order valence-corrected chi connectivity index (χ4v) is 6.22. The first-order chi connectivity index (χ1) is 24.1. The number of sulfone groups is 1. The molecule has 4 N–H and O–H groups in total. The van der Waals surface area contributed by atoms with E-state index in [0.29, 0.717) is 17.1 Å². The van der Waals surface area contributed by atoms with Crippen LogP contribution in [0, 0.1) is 0 Å². The minimum atomic E-state index is -3.41. The van der Waals surface area contributed by atoms with Crippen LogP contribution in [0.2, 0.25) is 0 Å². The Kier molecular flexibility index (Phi) is 13.2. The molecule has 1 aliphatic rings. The van der Waals surface area contributed by atoms with Gasteiger partial charge in [-0.3, -0.25) is 14.4 Å². The van der Waals surface area contributed by atoms with Gasteiger partial charge in [-0.2, -0.15) is 5.01 Å². The third kappa shape index (κ3) is 9.77. The second-order valence-electron chi connectivity index (χ2n) is 11.1. The molecule has 4 aromatic rings. The standard InChI is InChI=1S/C33H31N5O6S.C4H11N/c1-24(39)35-33(36-26-12-5-2-6-13-26)31(37-38(32(33)41)27-14-7-3-8-15-27)34-30(40)25-18-20-28(21-19-25)44-22-11-23-45(42,43)29-16-9-4-10-17-29;1-3-5-4-2/h2-10,12-21,36H,11,22-23H2,1H3,(H,35,39)(H,34,37,40);5H,3-4H2,1-2H3. The summed E-state index contributed by atoms with van der Waals surface area (Å²) in [5.74, 6) is -1.47. The van der Waals surface area contributed by atoms with Gasteiger partial charge < -0.3 is 26.0 Å². The molecule has 0 bridgehead atoms. The van der Waals surface area contributed by atoms with Crippen LogP contribution in [0.3, 0.4) is 0 Å². The summed E-state index contributed by atoms with van der Waals surface area (Å²) in [6.45, 7) is 7.82. The van der Waals surface area contributed by atoms with E-state index in [1.165, 1.54) is 19.1 Å². The number of amides is 3. The normalized spacial score (nSPS) is 15.3. The molecule has 0 radical (unpaired) electrons. The number of anilines is 2.